The molecular weight excluding hydrogens is 369 g/mol. The van der Waals surface area contributed by atoms with Crippen molar-refractivity contribution in [2.24, 2.45) is 0 Å². The van der Waals surface area contributed by atoms with Gasteiger partial charge < -0.3 is 9.80 Å². The number of pyridine rings is 1. The van der Waals surface area contributed by atoms with Crippen molar-refractivity contribution in [3.05, 3.63) is 48.0 Å². The van der Waals surface area contributed by atoms with E-state index in [1.807, 2.05) is 24.1 Å². The highest BCUT2D eigenvalue weighted by Gasteiger charge is 2.27. The Bertz CT molecular complexity index is 1050. The lowest BCUT2D eigenvalue weighted by molar-refractivity contribution is 0.0698. The number of rotatable bonds is 3. The molecule has 1 atom stereocenters. The first-order valence-electron chi connectivity index (χ1n) is 10.1. The number of amides is 1. The van der Waals surface area contributed by atoms with Crippen molar-refractivity contribution in [3.8, 4) is 11.3 Å². The maximum atomic E-state index is 13.9. The van der Waals surface area contributed by atoms with Crippen LogP contribution in [0.5, 0.6) is 0 Å². The normalized spacial score (nSPS) is 18.2. The standard InChI is InChI=1S/C22H26FN5O/c1-4-27-14-16(12-24-27)20-11-19(18-7-6-17(23)10-21(18)25-20)22(29)28-9-5-8-26(3)13-15(28)2/h6-7,10-12,14-15H,4-5,8-9,13H2,1-3H3. The van der Waals surface area contributed by atoms with Gasteiger partial charge in [0.1, 0.15) is 5.82 Å². The number of carbonyl (C=O) groups is 1. The molecule has 1 saturated heterocycles. The molecule has 152 valence electrons. The topological polar surface area (TPSA) is 54.3 Å². The van der Waals surface area contributed by atoms with E-state index in [2.05, 4.69) is 29.0 Å². The van der Waals surface area contributed by atoms with Crippen LogP contribution in [-0.4, -0.2) is 63.2 Å². The lowest BCUT2D eigenvalue weighted by Crippen LogP contribution is -2.42. The second-order valence-electron chi connectivity index (χ2n) is 7.76. The molecule has 4 rings (SSSR count). The van der Waals surface area contributed by atoms with Crippen LogP contribution in [0.2, 0.25) is 0 Å². The molecule has 1 fully saturated rings. The van der Waals surface area contributed by atoms with Crippen LogP contribution in [0.25, 0.3) is 22.2 Å². The maximum Gasteiger partial charge on any atom is 0.254 e. The first kappa shape index (κ1) is 19.5. The molecule has 2 aromatic heterocycles. The van der Waals surface area contributed by atoms with Crippen LogP contribution in [0, 0.1) is 5.82 Å². The molecule has 1 amide bonds. The van der Waals surface area contributed by atoms with E-state index in [9.17, 15) is 9.18 Å². The molecule has 1 aromatic carbocycles. The predicted molar refractivity (Wildman–Crippen MR) is 111 cm³/mol. The smallest absolute Gasteiger partial charge is 0.254 e. The zero-order valence-corrected chi connectivity index (χ0v) is 17.1. The van der Waals surface area contributed by atoms with Crippen LogP contribution in [0.4, 0.5) is 4.39 Å². The van der Waals surface area contributed by atoms with E-state index in [1.54, 1.807) is 16.9 Å². The van der Waals surface area contributed by atoms with Crippen molar-refractivity contribution in [1.82, 2.24) is 24.6 Å². The highest BCUT2D eigenvalue weighted by Crippen LogP contribution is 2.27. The van der Waals surface area contributed by atoms with Crippen LogP contribution in [0.3, 0.4) is 0 Å². The summed E-state index contributed by atoms with van der Waals surface area (Å²) in [4.78, 5) is 22.4. The number of likely N-dealkylation sites (N-methyl/N-ethyl adjacent to an activating group) is 1. The molecule has 1 aliphatic rings. The number of hydrogen-bond acceptors (Lipinski definition) is 4. The number of fused-ring (bicyclic) bond motifs is 1. The summed E-state index contributed by atoms with van der Waals surface area (Å²) >= 11 is 0. The Morgan fingerprint density at radius 2 is 2.10 bits per heavy atom. The highest BCUT2D eigenvalue weighted by atomic mass is 19.1. The predicted octanol–water partition coefficient (Wildman–Crippen LogP) is 3.42. The molecule has 0 bridgehead atoms. The molecule has 29 heavy (non-hydrogen) atoms. The Morgan fingerprint density at radius 3 is 2.86 bits per heavy atom. The molecule has 3 aromatic rings. The third-order valence-electron chi connectivity index (χ3n) is 5.56. The molecule has 0 N–H and O–H groups in total. The lowest BCUT2D eigenvalue weighted by atomic mass is 10.0. The number of halogens is 1. The third-order valence-corrected chi connectivity index (χ3v) is 5.56. The van der Waals surface area contributed by atoms with Gasteiger partial charge in [0.25, 0.3) is 5.91 Å². The van der Waals surface area contributed by atoms with E-state index < -0.39 is 0 Å². The van der Waals surface area contributed by atoms with Gasteiger partial charge in [-0.3, -0.25) is 9.48 Å². The molecule has 0 radical (unpaired) electrons. The number of aryl methyl sites for hydroxylation is 1. The number of benzene rings is 1. The molecule has 0 spiro atoms. The van der Waals surface area contributed by atoms with E-state index in [0.717, 1.165) is 31.6 Å². The lowest BCUT2D eigenvalue weighted by Gasteiger charge is -2.28. The Hall–Kier alpha value is -2.80. The van der Waals surface area contributed by atoms with Gasteiger partial charge in [0.05, 0.1) is 23.0 Å². The van der Waals surface area contributed by atoms with Crippen LogP contribution < -0.4 is 0 Å². The van der Waals surface area contributed by atoms with Crippen LogP contribution in [0.1, 0.15) is 30.6 Å². The average Bonchev–Trinajstić information content (AvgIpc) is 3.12. The molecule has 7 heteroatoms. The van der Waals surface area contributed by atoms with Crippen molar-refractivity contribution in [2.45, 2.75) is 32.9 Å². The van der Waals surface area contributed by atoms with E-state index in [0.29, 0.717) is 28.7 Å². The van der Waals surface area contributed by atoms with Crippen molar-refractivity contribution in [1.29, 1.82) is 0 Å². The molecule has 0 saturated carbocycles. The van der Waals surface area contributed by atoms with Gasteiger partial charge in [-0.1, -0.05) is 0 Å². The average molecular weight is 395 g/mol. The number of hydrogen-bond donors (Lipinski definition) is 0. The Kier molecular flexibility index (Phi) is 5.32. The summed E-state index contributed by atoms with van der Waals surface area (Å²) in [5.74, 6) is -0.398. The van der Waals surface area contributed by atoms with Gasteiger partial charge in [-0.15, -0.1) is 0 Å². The van der Waals surface area contributed by atoms with Crippen LogP contribution in [0.15, 0.2) is 36.7 Å². The fraction of sp³-hybridized carbons (Fsp3) is 0.409. The second-order valence-corrected chi connectivity index (χ2v) is 7.76. The minimum Gasteiger partial charge on any atom is -0.335 e. The summed E-state index contributed by atoms with van der Waals surface area (Å²) < 4.78 is 15.7. The summed E-state index contributed by atoms with van der Waals surface area (Å²) in [6.07, 6.45) is 4.56. The summed E-state index contributed by atoms with van der Waals surface area (Å²) in [6, 6.07) is 6.35. The fourth-order valence-electron chi connectivity index (χ4n) is 4.02. The Morgan fingerprint density at radius 1 is 1.28 bits per heavy atom. The molecule has 1 unspecified atom stereocenters. The minimum atomic E-state index is -0.366. The largest absolute Gasteiger partial charge is 0.335 e. The van der Waals surface area contributed by atoms with Gasteiger partial charge in [-0.2, -0.15) is 5.10 Å². The van der Waals surface area contributed by atoms with E-state index in [4.69, 9.17) is 0 Å². The highest BCUT2D eigenvalue weighted by molar-refractivity contribution is 6.07. The summed E-state index contributed by atoms with van der Waals surface area (Å²) in [6.45, 7) is 7.34. The SMILES string of the molecule is CCn1cc(-c2cc(C(=O)N3CCCN(C)CC3C)c3ccc(F)cc3n2)cn1. The van der Waals surface area contributed by atoms with Crippen molar-refractivity contribution in [3.63, 3.8) is 0 Å². The number of nitrogens with zero attached hydrogens (tertiary/aromatic N) is 5. The number of aromatic nitrogens is 3. The van der Waals surface area contributed by atoms with Gasteiger partial charge >= 0.3 is 0 Å². The van der Waals surface area contributed by atoms with E-state index in [-0.39, 0.29) is 17.8 Å². The zero-order chi connectivity index (χ0) is 20.5. The van der Waals surface area contributed by atoms with Gasteiger partial charge in [-0.25, -0.2) is 9.37 Å². The fourth-order valence-corrected chi connectivity index (χ4v) is 4.02. The monoisotopic (exact) mass is 395 g/mol. The third kappa shape index (κ3) is 3.87. The molecular formula is C22H26FN5O. The van der Waals surface area contributed by atoms with Gasteiger partial charge in [0, 0.05) is 48.9 Å². The van der Waals surface area contributed by atoms with Gasteiger partial charge in [-0.05, 0) is 52.1 Å². The van der Waals surface area contributed by atoms with Gasteiger partial charge in [0.15, 0.2) is 0 Å². The Balaban J connectivity index is 1.82. The first-order valence-corrected chi connectivity index (χ1v) is 10.1. The van der Waals surface area contributed by atoms with Crippen molar-refractivity contribution in [2.75, 3.05) is 26.7 Å². The summed E-state index contributed by atoms with van der Waals surface area (Å²) in [5.41, 5.74) is 2.49. The van der Waals surface area contributed by atoms with Crippen molar-refractivity contribution >= 4 is 16.8 Å². The van der Waals surface area contributed by atoms with Crippen molar-refractivity contribution < 1.29 is 9.18 Å². The second kappa shape index (κ2) is 7.91. The molecule has 1 aliphatic heterocycles. The molecule has 3 heterocycles. The van der Waals surface area contributed by atoms with Gasteiger partial charge in [0.2, 0.25) is 0 Å². The Labute approximate surface area is 169 Å². The molecule has 6 nitrogen and oxygen atoms in total. The van der Waals surface area contributed by atoms with Crippen LogP contribution in [-0.2, 0) is 6.54 Å². The zero-order valence-electron chi connectivity index (χ0n) is 17.1. The minimum absolute atomic E-state index is 0.0315. The maximum absolute atomic E-state index is 13.9. The first-order chi connectivity index (χ1) is 14.0. The molecule has 0 aliphatic carbocycles. The summed E-state index contributed by atoms with van der Waals surface area (Å²) in [7, 11) is 2.08. The van der Waals surface area contributed by atoms with Crippen LogP contribution >= 0.6 is 0 Å². The number of carbonyl (C=O) groups excluding carboxylic acids is 1. The van der Waals surface area contributed by atoms with E-state index >= 15 is 0 Å². The summed E-state index contributed by atoms with van der Waals surface area (Å²) in [5, 5.41) is 4.98. The van der Waals surface area contributed by atoms with E-state index in [1.165, 1.54) is 12.1 Å². The quantitative estimate of drug-likeness (QED) is 0.682.